The number of rotatable bonds is 3. The molecule has 82 valence electrons. The molecule has 1 aromatic rings. The van der Waals surface area contributed by atoms with E-state index in [0.717, 1.165) is 10.0 Å². The van der Waals surface area contributed by atoms with Crippen molar-refractivity contribution >= 4 is 47.8 Å². The van der Waals surface area contributed by atoms with E-state index in [2.05, 4.69) is 47.8 Å². The highest BCUT2D eigenvalue weighted by Gasteiger charge is 2.42. The molecule has 0 aromatic heterocycles. The van der Waals surface area contributed by atoms with Crippen LogP contribution in [0.5, 0.6) is 0 Å². The van der Waals surface area contributed by atoms with Gasteiger partial charge in [0.05, 0.1) is 0 Å². The van der Waals surface area contributed by atoms with Crippen molar-refractivity contribution in [2.45, 2.75) is 16.2 Å². The van der Waals surface area contributed by atoms with E-state index in [9.17, 15) is 10.1 Å². The van der Waals surface area contributed by atoms with E-state index < -0.39 is 9.28 Å². The Kier molecular flexibility index (Phi) is 4.31. The summed E-state index contributed by atoms with van der Waals surface area (Å²) in [4.78, 5) is 10.1. The predicted octanol–water partition coefficient (Wildman–Crippen LogP) is 4.27. The van der Waals surface area contributed by atoms with Gasteiger partial charge < -0.3 is 0 Å². The van der Waals surface area contributed by atoms with Crippen LogP contribution in [0.2, 0.25) is 0 Å². The number of hydrogen-bond donors (Lipinski definition) is 0. The second-order valence-corrected chi connectivity index (χ2v) is 6.64. The number of alkyl halides is 2. The molecule has 0 heterocycles. The molecule has 0 radical (unpaired) electrons. The average molecular weight is 402 g/mol. The van der Waals surface area contributed by atoms with Gasteiger partial charge in [-0.25, -0.2) is 0 Å². The zero-order valence-corrected chi connectivity index (χ0v) is 12.5. The summed E-state index contributed by atoms with van der Waals surface area (Å²) in [5.41, 5.74) is 0.848. The maximum Gasteiger partial charge on any atom is 0.288 e. The van der Waals surface area contributed by atoms with Crippen LogP contribution >= 0.6 is 47.8 Å². The van der Waals surface area contributed by atoms with E-state index in [-0.39, 0.29) is 4.92 Å². The Morgan fingerprint density at radius 1 is 1.53 bits per heavy atom. The van der Waals surface area contributed by atoms with E-state index in [0.29, 0.717) is 0 Å². The van der Waals surface area contributed by atoms with E-state index in [4.69, 9.17) is 0 Å². The van der Waals surface area contributed by atoms with Gasteiger partial charge in [0.1, 0.15) is 4.83 Å². The molecule has 0 aliphatic carbocycles. The molecule has 0 amide bonds. The van der Waals surface area contributed by atoms with Crippen LogP contribution in [0.4, 0.5) is 0 Å². The predicted molar refractivity (Wildman–Crippen MR) is 70.1 cm³/mol. The molecule has 0 N–H and O–H groups in total. The van der Waals surface area contributed by atoms with Crippen LogP contribution < -0.4 is 0 Å². The van der Waals surface area contributed by atoms with Crippen molar-refractivity contribution in [2.75, 3.05) is 0 Å². The lowest BCUT2D eigenvalue weighted by Crippen LogP contribution is -2.31. The monoisotopic (exact) mass is 399 g/mol. The van der Waals surface area contributed by atoms with Crippen molar-refractivity contribution in [1.82, 2.24) is 0 Å². The first-order valence-electron chi connectivity index (χ1n) is 4.08. The lowest BCUT2D eigenvalue weighted by Gasteiger charge is -2.20. The molecule has 15 heavy (non-hydrogen) atoms. The van der Waals surface area contributed by atoms with Crippen molar-refractivity contribution < 1.29 is 4.92 Å². The van der Waals surface area contributed by atoms with Crippen molar-refractivity contribution in [3.05, 3.63) is 44.4 Å². The highest BCUT2D eigenvalue weighted by atomic mass is 79.9. The molecule has 6 heteroatoms. The molecule has 0 aliphatic heterocycles. The minimum absolute atomic E-state index is 0.354. The fraction of sp³-hybridized carbons (Fsp3) is 0.333. The van der Waals surface area contributed by atoms with Gasteiger partial charge in [0.15, 0.2) is 0 Å². The van der Waals surface area contributed by atoms with Gasteiger partial charge in [-0.15, -0.1) is 0 Å². The minimum atomic E-state index is -1.21. The SMILES string of the molecule is CC(Br)(C(Br)c1cccc(Br)c1)[N+](=O)[O-]. The van der Waals surface area contributed by atoms with Gasteiger partial charge >= 0.3 is 0 Å². The summed E-state index contributed by atoms with van der Waals surface area (Å²) in [6.45, 7) is 1.52. The molecular formula is C9H8Br3NO2. The normalized spacial score (nSPS) is 16.8. The van der Waals surface area contributed by atoms with Crippen LogP contribution in [-0.4, -0.2) is 9.37 Å². The van der Waals surface area contributed by atoms with Crippen LogP contribution in [0.15, 0.2) is 28.7 Å². The van der Waals surface area contributed by atoms with Gasteiger partial charge in [-0.2, -0.15) is 0 Å². The highest BCUT2D eigenvalue weighted by molar-refractivity contribution is 9.12. The molecule has 0 fully saturated rings. The third-order valence-electron chi connectivity index (χ3n) is 1.96. The summed E-state index contributed by atoms with van der Waals surface area (Å²) in [5.74, 6) is 0. The summed E-state index contributed by atoms with van der Waals surface area (Å²) in [6.07, 6.45) is 0. The zero-order valence-electron chi connectivity index (χ0n) is 7.78. The Balaban J connectivity index is 3.04. The fourth-order valence-electron chi connectivity index (χ4n) is 1.06. The highest BCUT2D eigenvalue weighted by Crippen LogP contribution is 2.41. The quantitative estimate of drug-likeness (QED) is 0.328. The van der Waals surface area contributed by atoms with E-state index >= 15 is 0 Å². The third-order valence-corrected chi connectivity index (χ3v) is 5.24. The first kappa shape index (κ1) is 13.1. The lowest BCUT2D eigenvalue weighted by molar-refractivity contribution is -0.530. The van der Waals surface area contributed by atoms with Crippen molar-refractivity contribution in [1.29, 1.82) is 0 Å². The van der Waals surface area contributed by atoms with Gasteiger partial charge in [-0.3, -0.25) is 10.1 Å². The first-order chi connectivity index (χ1) is 6.85. The Bertz CT molecular complexity index is 381. The molecule has 3 nitrogen and oxygen atoms in total. The second kappa shape index (κ2) is 4.93. The topological polar surface area (TPSA) is 43.1 Å². The fourth-order valence-corrected chi connectivity index (χ4v) is 2.19. The van der Waals surface area contributed by atoms with Gasteiger partial charge in [-0.05, 0) is 17.7 Å². The van der Waals surface area contributed by atoms with Gasteiger partial charge in [0.25, 0.3) is 4.45 Å². The second-order valence-electron chi connectivity index (χ2n) is 3.20. The first-order valence-corrected chi connectivity index (χ1v) is 6.59. The number of nitrogens with zero attached hydrogens (tertiary/aromatic N) is 1. The summed E-state index contributed by atoms with van der Waals surface area (Å²) < 4.78 is -0.315. The Hall–Kier alpha value is 0.0600. The standard InChI is InChI=1S/C9H8Br3NO2/c1-9(12,13(14)15)8(11)6-3-2-4-7(10)5-6/h2-5,8H,1H3. The molecule has 1 aromatic carbocycles. The van der Waals surface area contributed by atoms with Crippen LogP contribution in [-0.2, 0) is 0 Å². The minimum Gasteiger partial charge on any atom is -0.263 e. The number of hydrogen-bond acceptors (Lipinski definition) is 2. The summed E-state index contributed by atoms with van der Waals surface area (Å²) in [5, 5.41) is 10.8. The smallest absolute Gasteiger partial charge is 0.263 e. The molecule has 0 bridgehead atoms. The summed E-state index contributed by atoms with van der Waals surface area (Å²) >= 11 is 9.77. The molecule has 0 saturated carbocycles. The molecule has 0 saturated heterocycles. The largest absolute Gasteiger partial charge is 0.288 e. The molecular weight excluding hydrogens is 394 g/mol. The van der Waals surface area contributed by atoms with E-state index in [1.807, 2.05) is 24.3 Å². The molecule has 2 unspecified atom stereocenters. The summed E-state index contributed by atoms with van der Waals surface area (Å²) in [6, 6.07) is 7.41. The lowest BCUT2D eigenvalue weighted by atomic mass is 10.1. The molecule has 2 atom stereocenters. The Labute approximate surface area is 113 Å². The van der Waals surface area contributed by atoms with Crippen LogP contribution in [0.25, 0.3) is 0 Å². The maximum atomic E-state index is 10.8. The van der Waals surface area contributed by atoms with Gasteiger partial charge in [0.2, 0.25) is 0 Å². The van der Waals surface area contributed by atoms with Crippen molar-refractivity contribution in [2.24, 2.45) is 0 Å². The van der Waals surface area contributed by atoms with E-state index in [1.165, 1.54) is 6.92 Å². The number of halogens is 3. The molecule has 0 aliphatic rings. The van der Waals surface area contributed by atoms with Crippen LogP contribution in [0, 0.1) is 10.1 Å². The van der Waals surface area contributed by atoms with Crippen molar-refractivity contribution in [3.63, 3.8) is 0 Å². The summed E-state index contributed by atoms with van der Waals surface area (Å²) in [7, 11) is 0. The number of nitro groups is 1. The molecule has 0 spiro atoms. The average Bonchev–Trinajstić information content (AvgIpc) is 2.16. The van der Waals surface area contributed by atoms with Gasteiger partial charge in [0, 0.05) is 32.2 Å². The van der Waals surface area contributed by atoms with Crippen molar-refractivity contribution in [3.8, 4) is 0 Å². The Morgan fingerprint density at radius 2 is 2.13 bits per heavy atom. The van der Waals surface area contributed by atoms with Crippen LogP contribution in [0.3, 0.4) is 0 Å². The Morgan fingerprint density at radius 3 is 2.60 bits per heavy atom. The molecule has 1 rings (SSSR count). The van der Waals surface area contributed by atoms with Gasteiger partial charge in [-0.1, -0.05) is 44.0 Å². The van der Waals surface area contributed by atoms with Crippen LogP contribution in [0.1, 0.15) is 17.3 Å². The maximum absolute atomic E-state index is 10.8. The number of benzene rings is 1. The van der Waals surface area contributed by atoms with E-state index in [1.54, 1.807) is 0 Å². The zero-order chi connectivity index (χ0) is 11.6. The third kappa shape index (κ3) is 3.01.